The Balaban J connectivity index is 2.25. The second-order valence-corrected chi connectivity index (χ2v) is 3.70. The maximum atomic E-state index is 11.7. The number of ether oxygens (including phenoxy) is 1. The van der Waals surface area contributed by atoms with Crippen LogP contribution < -0.4 is 9.64 Å². The molecule has 0 aliphatic carbocycles. The number of fused-ring (bicyclic) bond motifs is 1. The molecular formula is C13H15NO2. The first-order valence-electron chi connectivity index (χ1n) is 5.43. The van der Waals surface area contributed by atoms with Crippen LogP contribution in [0.5, 0.6) is 5.75 Å². The minimum Gasteiger partial charge on any atom is -0.490 e. The van der Waals surface area contributed by atoms with Crippen molar-refractivity contribution in [2.75, 3.05) is 18.1 Å². The molecule has 1 aliphatic rings. The van der Waals surface area contributed by atoms with Crippen molar-refractivity contribution < 1.29 is 9.53 Å². The van der Waals surface area contributed by atoms with Gasteiger partial charge in [0.1, 0.15) is 12.4 Å². The van der Waals surface area contributed by atoms with Crippen LogP contribution in [-0.4, -0.2) is 19.1 Å². The fourth-order valence-electron chi connectivity index (χ4n) is 1.95. The normalized spacial score (nSPS) is 13.8. The SMILES string of the molecule is C=CCOc1ccc2c(c1)CC(=O)N2CC. The van der Waals surface area contributed by atoms with E-state index in [4.69, 9.17) is 4.74 Å². The molecule has 1 aliphatic heterocycles. The monoisotopic (exact) mass is 217 g/mol. The Labute approximate surface area is 95.3 Å². The average Bonchev–Trinajstić information content (AvgIpc) is 2.60. The van der Waals surface area contributed by atoms with E-state index in [2.05, 4.69) is 6.58 Å². The summed E-state index contributed by atoms with van der Waals surface area (Å²) in [5, 5.41) is 0. The van der Waals surface area contributed by atoms with Gasteiger partial charge in [-0.05, 0) is 30.7 Å². The molecule has 0 N–H and O–H groups in total. The third-order valence-corrected chi connectivity index (χ3v) is 2.67. The second-order valence-electron chi connectivity index (χ2n) is 3.70. The van der Waals surface area contributed by atoms with Crippen LogP contribution in [0.2, 0.25) is 0 Å². The number of nitrogens with zero attached hydrogens (tertiary/aromatic N) is 1. The highest BCUT2D eigenvalue weighted by molar-refractivity contribution is 6.01. The van der Waals surface area contributed by atoms with Crippen LogP contribution in [0.3, 0.4) is 0 Å². The van der Waals surface area contributed by atoms with Crippen LogP contribution in [0.1, 0.15) is 12.5 Å². The van der Waals surface area contributed by atoms with Gasteiger partial charge in [-0.3, -0.25) is 4.79 Å². The topological polar surface area (TPSA) is 29.5 Å². The molecule has 2 rings (SSSR count). The fourth-order valence-corrected chi connectivity index (χ4v) is 1.95. The standard InChI is InChI=1S/C13H15NO2/c1-3-7-16-11-5-6-12-10(8-11)9-13(15)14(12)4-2/h3,5-6,8H,1,4,7,9H2,2H3. The molecule has 0 unspecified atom stereocenters. The zero-order chi connectivity index (χ0) is 11.5. The molecule has 3 nitrogen and oxygen atoms in total. The Bertz CT molecular complexity index is 426. The van der Waals surface area contributed by atoms with E-state index in [-0.39, 0.29) is 5.91 Å². The van der Waals surface area contributed by atoms with Crippen molar-refractivity contribution in [3.8, 4) is 5.75 Å². The number of anilines is 1. The van der Waals surface area contributed by atoms with Gasteiger partial charge in [-0.2, -0.15) is 0 Å². The van der Waals surface area contributed by atoms with Gasteiger partial charge in [0.05, 0.1) is 6.42 Å². The van der Waals surface area contributed by atoms with E-state index in [0.717, 1.165) is 23.5 Å². The minimum absolute atomic E-state index is 0.165. The minimum atomic E-state index is 0.165. The van der Waals surface area contributed by atoms with Crippen LogP contribution >= 0.6 is 0 Å². The number of hydrogen-bond donors (Lipinski definition) is 0. The van der Waals surface area contributed by atoms with Gasteiger partial charge >= 0.3 is 0 Å². The molecule has 0 aromatic heterocycles. The predicted octanol–water partition coefficient (Wildman–Crippen LogP) is 2.16. The molecule has 0 radical (unpaired) electrons. The lowest BCUT2D eigenvalue weighted by Crippen LogP contribution is -2.25. The van der Waals surface area contributed by atoms with Gasteiger partial charge in [-0.25, -0.2) is 0 Å². The largest absolute Gasteiger partial charge is 0.490 e. The Hall–Kier alpha value is -1.77. The number of benzene rings is 1. The van der Waals surface area contributed by atoms with E-state index < -0.39 is 0 Å². The van der Waals surface area contributed by atoms with E-state index in [9.17, 15) is 4.79 Å². The molecule has 0 spiro atoms. The Morgan fingerprint density at radius 3 is 3.06 bits per heavy atom. The van der Waals surface area contributed by atoms with Crippen LogP contribution in [0.4, 0.5) is 5.69 Å². The maximum absolute atomic E-state index is 11.7. The summed E-state index contributed by atoms with van der Waals surface area (Å²) >= 11 is 0. The maximum Gasteiger partial charge on any atom is 0.231 e. The molecular weight excluding hydrogens is 202 g/mol. The van der Waals surface area contributed by atoms with Crippen molar-refractivity contribution in [3.05, 3.63) is 36.4 Å². The second kappa shape index (κ2) is 4.39. The molecule has 1 amide bonds. The number of carbonyl (C=O) groups excluding carboxylic acids is 1. The number of likely N-dealkylation sites (N-methyl/N-ethyl adjacent to an activating group) is 1. The highest BCUT2D eigenvalue weighted by Gasteiger charge is 2.25. The third-order valence-electron chi connectivity index (χ3n) is 2.67. The lowest BCUT2D eigenvalue weighted by atomic mass is 10.1. The summed E-state index contributed by atoms with van der Waals surface area (Å²) in [6.45, 7) is 6.79. The Morgan fingerprint density at radius 1 is 1.56 bits per heavy atom. The van der Waals surface area contributed by atoms with Gasteiger partial charge in [0.25, 0.3) is 0 Å². The van der Waals surface area contributed by atoms with Gasteiger partial charge in [0, 0.05) is 12.2 Å². The summed E-state index contributed by atoms with van der Waals surface area (Å²) in [6.07, 6.45) is 2.19. The first-order chi connectivity index (χ1) is 7.76. The van der Waals surface area contributed by atoms with Crippen LogP contribution in [-0.2, 0) is 11.2 Å². The number of amides is 1. The van der Waals surface area contributed by atoms with Gasteiger partial charge in [-0.15, -0.1) is 0 Å². The molecule has 1 aromatic carbocycles. The lowest BCUT2D eigenvalue weighted by Gasteiger charge is -2.14. The summed E-state index contributed by atoms with van der Waals surface area (Å²) in [5.41, 5.74) is 2.06. The van der Waals surface area contributed by atoms with E-state index in [1.807, 2.05) is 25.1 Å². The Kier molecular flexibility index (Phi) is 2.95. The molecule has 1 aromatic rings. The molecule has 16 heavy (non-hydrogen) atoms. The lowest BCUT2D eigenvalue weighted by molar-refractivity contribution is -0.117. The molecule has 1 heterocycles. The number of rotatable bonds is 4. The highest BCUT2D eigenvalue weighted by Crippen LogP contribution is 2.31. The van der Waals surface area contributed by atoms with E-state index in [1.54, 1.807) is 11.0 Å². The van der Waals surface area contributed by atoms with Crippen molar-refractivity contribution in [3.63, 3.8) is 0 Å². The van der Waals surface area contributed by atoms with Gasteiger partial charge in [-0.1, -0.05) is 12.7 Å². The quantitative estimate of drug-likeness (QED) is 0.723. The van der Waals surface area contributed by atoms with E-state index in [1.165, 1.54) is 0 Å². The van der Waals surface area contributed by atoms with Gasteiger partial charge in [0.15, 0.2) is 0 Å². The van der Waals surface area contributed by atoms with Crippen molar-refractivity contribution >= 4 is 11.6 Å². The molecule has 0 bridgehead atoms. The van der Waals surface area contributed by atoms with Crippen LogP contribution in [0.25, 0.3) is 0 Å². The van der Waals surface area contributed by atoms with Crippen molar-refractivity contribution in [1.82, 2.24) is 0 Å². The van der Waals surface area contributed by atoms with Crippen LogP contribution in [0.15, 0.2) is 30.9 Å². The molecule has 0 saturated heterocycles. The summed E-state index contributed by atoms with van der Waals surface area (Å²) in [7, 11) is 0. The van der Waals surface area contributed by atoms with Gasteiger partial charge in [0.2, 0.25) is 5.91 Å². The third kappa shape index (κ3) is 1.81. The summed E-state index contributed by atoms with van der Waals surface area (Å²) in [6, 6.07) is 5.78. The predicted molar refractivity (Wildman–Crippen MR) is 63.9 cm³/mol. The average molecular weight is 217 g/mol. The van der Waals surface area contributed by atoms with E-state index >= 15 is 0 Å². The smallest absolute Gasteiger partial charge is 0.231 e. The summed E-state index contributed by atoms with van der Waals surface area (Å²) < 4.78 is 5.44. The van der Waals surface area contributed by atoms with Crippen molar-refractivity contribution in [1.29, 1.82) is 0 Å². The summed E-state index contributed by atoms with van der Waals surface area (Å²) in [4.78, 5) is 13.5. The molecule has 3 heteroatoms. The highest BCUT2D eigenvalue weighted by atomic mass is 16.5. The van der Waals surface area contributed by atoms with E-state index in [0.29, 0.717) is 13.0 Å². The number of hydrogen-bond acceptors (Lipinski definition) is 2. The molecule has 0 saturated carbocycles. The first kappa shape index (κ1) is 10.7. The molecule has 84 valence electrons. The zero-order valence-corrected chi connectivity index (χ0v) is 9.40. The Morgan fingerprint density at radius 2 is 2.38 bits per heavy atom. The zero-order valence-electron chi connectivity index (χ0n) is 9.40. The first-order valence-corrected chi connectivity index (χ1v) is 5.43. The van der Waals surface area contributed by atoms with Crippen molar-refractivity contribution in [2.45, 2.75) is 13.3 Å². The molecule has 0 atom stereocenters. The van der Waals surface area contributed by atoms with Gasteiger partial charge < -0.3 is 9.64 Å². The number of carbonyl (C=O) groups is 1. The fraction of sp³-hybridized carbons (Fsp3) is 0.308. The van der Waals surface area contributed by atoms with Crippen LogP contribution in [0, 0.1) is 0 Å². The summed E-state index contributed by atoms with van der Waals surface area (Å²) in [5.74, 6) is 0.961. The molecule has 0 fully saturated rings. The van der Waals surface area contributed by atoms with Crippen molar-refractivity contribution in [2.24, 2.45) is 0 Å².